The van der Waals surface area contributed by atoms with Crippen LogP contribution in [0.2, 0.25) is 0 Å². The Morgan fingerprint density at radius 1 is 1.29 bits per heavy atom. The normalized spacial score (nSPS) is 10.8. The summed E-state index contributed by atoms with van der Waals surface area (Å²) in [6.45, 7) is 8.32. The van der Waals surface area contributed by atoms with Crippen LogP contribution in [-0.2, 0) is 4.79 Å². The minimum Gasteiger partial charge on any atom is -0.461 e. The molecule has 0 bridgehead atoms. The van der Waals surface area contributed by atoms with Gasteiger partial charge in [0.2, 0.25) is 17.8 Å². The predicted molar refractivity (Wildman–Crippen MR) is 79.6 cm³/mol. The molecule has 9 nitrogen and oxygen atoms in total. The van der Waals surface area contributed by atoms with E-state index in [2.05, 4.69) is 20.4 Å². The first-order chi connectivity index (χ1) is 9.81. The highest BCUT2D eigenvalue weighted by atomic mass is 16.5. The molecule has 0 saturated heterocycles. The van der Waals surface area contributed by atoms with Crippen molar-refractivity contribution in [3.8, 4) is 6.01 Å². The number of nitrogens with one attached hydrogen (secondary N) is 1. The number of carbonyl (C=O) groups excluding carboxylic acids is 1. The number of hydrogen-bond donors (Lipinski definition) is 3. The van der Waals surface area contributed by atoms with Crippen LogP contribution in [0.15, 0.2) is 0 Å². The molecule has 118 valence electrons. The van der Waals surface area contributed by atoms with E-state index in [9.17, 15) is 4.79 Å². The van der Waals surface area contributed by atoms with E-state index in [4.69, 9.17) is 16.3 Å². The highest BCUT2D eigenvalue weighted by Crippen LogP contribution is 2.16. The van der Waals surface area contributed by atoms with Crippen molar-refractivity contribution in [2.45, 2.75) is 33.8 Å². The van der Waals surface area contributed by atoms with Crippen LogP contribution >= 0.6 is 0 Å². The highest BCUT2D eigenvalue weighted by Gasteiger charge is 2.17. The van der Waals surface area contributed by atoms with E-state index in [1.54, 1.807) is 4.90 Å². The van der Waals surface area contributed by atoms with E-state index in [-0.39, 0.29) is 24.6 Å². The van der Waals surface area contributed by atoms with Crippen molar-refractivity contribution < 1.29 is 9.53 Å². The quantitative estimate of drug-likeness (QED) is 0.447. The second kappa shape index (κ2) is 7.58. The fraction of sp³-hybridized carbons (Fsp3) is 0.667. The van der Waals surface area contributed by atoms with Crippen molar-refractivity contribution in [2.75, 3.05) is 23.4 Å². The standard InChI is InChI=1S/C12H23N7O2/c1-7(2)5-19(6-9(13)20)11-15-10(18-14)16-12(17-11)21-8(3)4/h7-8H,5-6,14H2,1-4H3,(H2,13,20)(H,15,16,17,18). The topological polar surface area (TPSA) is 132 Å². The van der Waals surface area contributed by atoms with Crippen molar-refractivity contribution >= 4 is 17.8 Å². The van der Waals surface area contributed by atoms with E-state index in [0.717, 1.165) is 0 Å². The third kappa shape index (κ3) is 5.78. The lowest BCUT2D eigenvalue weighted by Gasteiger charge is -2.23. The van der Waals surface area contributed by atoms with E-state index < -0.39 is 5.91 Å². The third-order valence-corrected chi connectivity index (χ3v) is 2.29. The van der Waals surface area contributed by atoms with Crippen LogP contribution in [0.5, 0.6) is 6.01 Å². The van der Waals surface area contributed by atoms with Crippen molar-refractivity contribution in [1.82, 2.24) is 15.0 Å². The van der Waals surface area contributed by atoms with Gasteiger partial charge in [-0.2, -0.15) is 15.0 Å². The monoisotopic (exact) mass is 297 g/mol. The zero-order valence-electron chi connectivity index (χ0n) is 12.8. The number of hydrazine groups is 1. The largest absolute Gasteiger partial charge is 0.461 e. The Morgan fingerprint density at radius 3 is 2.43 bits per heavy atom. The first kappa shape index (κ1) is 16.9. The molecule has 0 atom stereocenters. The average molecular weight is 297 g/mol. The van der Waals surface area contributed by atoms with Crippen LogP contribution in [-0.4, -0.2) is 40.1 Å². The molecule has 21 heavy (non-hydrogen) atoms. The molecule has 0 aliphatic heterocycles. The van der Waals surface area contributed by atoms with Gasteiger partial charge in [-0.1, -0.05) is 13.8 Å². The Kier molecular flexibility index (Phi) is 6.10. The summed E-state index contributed by atoms with van der Waals surface area (Å²) >= 11 is 0. The van der Waals surface area contributed by atoms with Crippen LogP contribution in [0.25, 0.3) is 0 Å². The number of nitrogens with two attached hydrogens (primary N) is 2. The van der Waals surface area contributed by atoms with Crippen molar-refractivity contribution in [3.63, 3.8) is 0 Å². The second-order valence-electron chi connectivity index (χ2n) is 5.29. The van der Waals surface area contributed by atoms with Crippen LogP contribution in [0, 0.1) is 5.92 Å². The molecule has 0 aliphatic carbocycles. The molecule has 0 saturated carbocycles. The predicted octanol–water partition coefficient (Wildman–Crippen LogP) is -0.108. The van der Waals surface area contributed by atoms with Crippen LogP contribution in [0.4, 0.5) is 11.9 Å². The number of ether oxygens (including phenoxy) is 1. The number of primary amides is 1. The van der Waals surface area contributed by atoms with Crippen LogP contribution in [0.1, 0.15) is 27.7 Å². The van der Waals surface area contributed by atoms with Gasteiger partial charge >= 0.3 is 6.01 Å². The Balaban J connectivity index is 3.12. The molecular weight excluding hydrogens is 274 g/mol. The van der Waals surface area contributed by atoms with Crippen molar-refractivity contribution in [2.24, 2.45) is 17.5 Å². The van der Waals surface area contributed by atoms with E-state index in [1.165, 1.54) is 0 Å². The van der Waals surface area contributed by atoms with Crippen LogP contribution in [0.3, 0.4) is 0 Å². The lowest BCUT2D eigenvalue weighted by atomic mass is 10.2. The fourth-order valence-electron chi connectivity index (χ4n) is 1.66. The summed E-state index contributed by atoms with van der Waals surface area (Å²) in [4.78, 5) is 25.2. The summed E-state index contributed by atoms with van der Waals surface area (Å²) < 4.78 is 5.46. The Morgan fingerprint density at radius 2 is 1.95 bits per heavy atom. The first-order valence-electron chi connectivity index (χ1n) is 6.74. The summed E-state index contributed by atoms with van der Waals surface area (Å²) in [6.07, 6.45) is -0.0967. The minimum atomic E-state index is -0.468. The number of hydrogen-bond acceptors (Lipinski definition) is 8. The minimum absolute atomic E-state index is 0.00727. The number of nitrogens with zero attached hydrogens (tertiary/aromatic N) is 4. The average Bonchev–Trinajstić information content (AvgIpc) is 2.35. The maximum Gasteiger partial charge on any atom is 0.323 e. The highest BCUT2D eigenvalue weighted by molar-refractivity contribution is 5.78. The maximum atomic E-state index is 11.2. The lowest BCUT2D eigenvalue weighted by Crippen LogP contribution is -2.37. The van der Waals surface area contributed by atoms with Gasteiger partial charge in [-0.15, -0.1) is 0 Å². The SMILES string of the molecule is CC(C)CN(CC(N)=O)c1nc(NN)nc(OC(C)C)n1. The molecule has 0 fully saturated rings. The lowest BCUT2D eigenvalue weighted by molar-refractivity contribution is -0.116. The number of amides is 1. The fourth-order valence-corrected chi connectivity index (χ4v) is 1.66. The molecule has 1 aromatic heterocycles. The number of carbonyl (C=O) groups is 1. The van der Waals surface area contributed by atoms with Crippen LogP contribution < -0.4 is 26.6 Å². The molecule has 5 N–H and O–H groups in total. The van der Waals surface area contributed by atoms with Gasteiger partial charge in [-0.05, 0) is 19.8 Å². The molecule has 1 aromatic rings. The molecule has 0 aliphatic rings. The van der Waals surface area contributed by atoms with Gasteiger partial charge in [0.15, 0.2) is 0 Å². The van der Waals surface area contributed by atoms with Gasteiger partial charge in [0, 0.05) is 6.54 Å². The van der Waals surface area contributed by atoms with Gasteiger partial charge in [0.05, 0.1) is 12.6 Å². The van der Waals surface area contributed by atoms with Crippen molar-refractivity contribution in [1.29, 1.82) is 0 Å². The number of aromatic nitrogens is 3. The van der Waals surface area contributed by atoms with E-state index >= 15 is 0 Å². The summed E-state index contributed by atoms with van der Waals surface area (Å²) in [5, 5.41) is 0. The van der Waals surface area contributed by atoms with Gasteiger partial charge in [0.25, 0.3) is 0 Å². The number of rotatable bonds is 8. The summed E-state index contributed by atoms with van der Waals surface area (Å²) in [6, 6.07) is 0.140. The maximum absolute atomic E-state index is 11.2. The number of anilines is 2. The third-order valence-electron chi connectivity index (χ3n) is 2.29. The van der Waals surface area contributed by atoms with Gasteiger partial charge in [-0.25, -0.2) is 5.84 Å². The zero-order chi connectivity index (χ0) is 16.0. The molecule has 0 aromatic carbocycles. The van der Waals surface area contributed by atoms with E-state index in [1.807, 2.05) is 27.7 Å². The Bertz CT molecular complexity index is 479. The van der Waals surface area contributed by atoms with E-state index in [0.29, 0.717) is 18.4 Å². The molecule has 0 radical (unpaired) electrons. The summed E-state index contributed by atoms with van der Waals surface area (Å²) in [5.41, 5.74) is 7.63. The zero-order valence-corrected chi connectivity index (χ0v) is 12.8. The molecule has 9 heteroatoms. The van der Waals surface area contributed by atoms with Gasteiger partial charge in [0.1, 0.15) is 0 Å². The summed E-state index contributed by atoms with van der Waals surface area (Å²) in [5.74, 6) is 5.63. The Hall–Kier alpha value is -2.16. The molecular formula is C12H23N7O2. The first-order valence-corrected chi connectivity index (χ1v) is 6.74. The summed E-state index contributed by atoms with van der Waals surface area (Å²) in [7, 11) is 0. The molecule has 1 rings (SSSR count). The van der Waals surface area contributed by atoms with Gasteiger partial charge < -0.3 is 15.4 Å². The smallest absolute Gasteiger partial charge is 0.323 e. The molecule has 0 spiro atoms. The molecule has 1 heterocycles. The van der Waals surface area contributed by atoms with Gasteiger partial charge in [-0.3, -0.25) is 10.2 Å². The molecule has 1 amide bonds. The second-order valence-corrected chi connectivity index (χ2v) is 5.29. The number of nitrogen functional groups attached to an aromatic ring is 1. The Labute approximate surface area is 124 Å². The molecule has 0 unspecified atom stereocenters. The van der Waals surface area contributed by atoms with Crippen molar-refractivity contribution in [3.05, 3.63) is 0 Å².